The summed E-state index contributed by atoms with van der Waals surface area (Å²) in [7, 11) is 1.68. The van der Waals surface area contributed by atoms with Gasteiger partial charge < -0.3 is 29.4 Å². The van der Waals surface area contributed by atoms with Crippen LogP contribution in [-0.4, -0.2) is 48.5 Å². The van der Waals surface area contributed by atoms with E-state index in [9.17, 15) is 4.79 Å². The number of fused-ring (bicyclic) bond motifs is 2. The number of thiophene rings is 1. The zero-order chi connectivity index (χ0) is 21.6. The van der Waals surface area contributed by atoms with Crippen LogP contribution in [-0.2, 0) is 17.8 Å². The topological polar surface area (TPSA) is 75.8 Å². The summed E-state index contributed by atoms with van der Waals surface area (Å²) >= 11 is 7.31. The van der Waals surface area contributed by atoms with Crippen molar-refractivity contribution in [3.8, 4) is 11.5 Å². The van der Waals surface area contributed by atoms with Gasteiger partial charge in [-0.05, 0) is 42.2 Å². The van der Waals surface area contributed by atoms with Crippen molar-refractivity contribution in [2.45, 2.75) is 19.5 Å². The standard InChI is InChI=1S/C22H25N3O4S2/c1-27-6-3-5-23-22(30)25(14-17-4-2-9-31-17)13-16-10-15-11-19-20(29-8-7-28-19)12-18(15)24-21(16)26/h2,4,9-12H,3,5-8,13-14H2,1H3,(H,23,30)(H,24,26). The van der Waals surface area contributed by atoms with Crippen LogP contribution in [0.2, 0.25) is 0 Å². The largest absolute Gasteiger partial charge is 0.486 e. The maximum Gasteiger partial charge on any atom is 0.253 e. The zero-order valence-corrected chi connectivity index (χ0v) is 18.9. The van der Waals surface area contributed by atoms with E-state index < -0.39 is 0 Å². The van der Waals surface area contributed by atoms with Crippen molar-refractivity contribution in [3.05, 3.63) is 56.5 Å². The highest BCUT2D eigenvalue weighted by atomic mass is 32.1. The maximum absolute atomic E-state index is 12.8. The van der Waals surface area contributed by atoms with Crippen molar-refractivity contribution in [2.75, 3.05) is 33.5 Å². The van der Waals surface area contributed by atoms with Crippen LogP contribution in [0.4, 0.5) is 0 Å². The molecule has 9 heteroatoms. The Morgan fingerprint density at radius 2 is 2.06 bits per heavy atom. The molecule has 7 nitrogen and oxygen atoms in total. The Kier molecular flexibility index (Phi) is 7.06. The summed E-state index contributed by atoms with van der Waals surface area (Å²) in [6, 6.07) is 9.72. The van der Waals surface area contributed by atoms with E-state index in [0.29, 0.717) is 61.6 Å². The third-order valence-corrected chi connectivity index (χ3v) is 6.22. The van der Waals surface area contributed by atoms with Gasteiger partial charge in [0.15, 0.2) is 16.6 Å². The number of benzene rings is 1. The smallest absolute Gasteiger partial charge is 0.253 e. The van der Waals surface area contributed by atoms with E-state index in [1.807, 2.05) is 34.5 Å². The summed E-state index contributed by atoms with van der Waals surface area (Å²) in [6.07, 6.45) is 0.854. The number of hydrogen-bond acceptors (Lipinski definition) is 6. The van der Waals surface area contributed by atoms with Crippen molar-refractivity contribution < 1.29 is 14.2 Å². The zero-order valence-electron chi connectivity index (χ0n) is 17.3. The van der Waals surface area contributed by atoms with Gasteiger partial charge in [0.2, 0.25) is 0 Å². The van der Waals surface area contributed by atoms with Crippen LogP contribution in [0.15, 0.2) is 40.5 Å². The predicted octanol–water partition coefficient (Wildman–Crippen LogP) is 3.27. The van der Waals surface area contributed by atoms with Gasteiger partial charge >= 0.3 is 0 Å². The van der Waals surface area contributed by atoms with Gasteiger partial charge in [-0.2, -0.15) is 0 Å². The van der Waals surface area contributed by atoms with Crippen LogP contribution in [0.3, 0.4) is 0 Å². The fraction of sp³-hybridized carbons (Fsp3) is 0.364. The number of pyridine rings is 1. The number of methoxy groups -OCH3 is 1. The summed E-state index contributed by atoms with van der Waals surface area (Å²) in [5.74, 6) is 1.35. The number of H-pyrrole nitrogens is 1. The number of nitrogens with zero attached hydrogens (tertiary/aromatic N) is 1. The quantitative estimate of drug-likeness (QED) is 0.396. The van der Waals surface area contributed by atoms with Gasteiger partial charge in [-0.1, -0.05) is 6.07 Å². The minimum absolute atomic E-state index is 0.137. The molecule has 3 heterocycles. The van der Waals surface area contributed by atoms with E-state index >= 15 is 0 Å². The summed E-state index contributed by atoms with van der Waals surface area (Å²) in [4.78, 5) is 19.0. The van der Waals surface area contributed by atoms with Crippen molar-refractivity contribution in [2.24, 2.45) is 0 Å². The lowest BCUT2D eigenvalue weighted by Gasteiger charge is -2.25. The molecule has 0 saturated heterocycles. The number of ether oxygens (including phenoxy) is 3. The first-order valence-electron chi connectivity index (χ1n) is 10.1. The summed E-state index contributed by atoms with van der Waals surface area (Å²) in [6.45, 7) is 3.44. The predicted molar refractivity (Wildman–Crippen MR) is 126 cm³/mol. The fourth-order valence-electron chi connectivity index (χ4n) is 3.42. The van der Waals surface area contributed by atoms with E-state index in [1.54, 1.807) is 18.4 Å². The minimum Gasteiger partial charge on any atom is -0.486 e. The highest BCUT2D eigenvalue weighted by Gasteiger charge is 2.17. The molecule has 0 atom stereocenters. The molecular weight excluding hydrogens is 434 g/mol. The van der Waals surface area contributed by atoms with Gasteiger partial charge in [0.05, 0.1) is 18.6 Å². The van der Waals surface area contributed by atoms with Crippen LogP contribution >= 0.6 is 23.6 Å². The Morgan fingerprint density at radius 3 is 2.81 bits per heavy atom. The Morgan fingerprint density at radius 1 is 1.26 bits per heavy atom. The first-order valence-corrected chi connectivity index (χ1v) is 11.4. The lowest BCUT2D eigenvalue weighted by atomic mass is 10.1. The summed E-state index contributed by atoms with van der Waals surface area (Å²) in [5.41, 5.74) is 1.23. The van der Waals surface area contributed by atoms with E-state index in [2.05, 4.69) is 16.4 Å². The Bertz CT molecular complexity index is 1100. The number of hydrogen-bond donors (Lipinski definition) is 2. The lowest BCUT2D eigenvalue weighted by Crippen LogP contribution is -2.40. The molecule has 1 aliphatic heterocycles. The molecule has 0 radical (unpaired) electrons. The second kappa shape index (κ2) is 10.1. The Balaban J connectivity index is 1.57. The van der Waals surface area contributed by atoms with Crippen molar-refractivity contribution in [1.29, 1.82) is 0 Å². The molecule has 0 aliphatic carbocycles. The first kappa shape index (κ1) is 21.6. The SMILES string of the molecule is COCCCNC(=S)N(Cc1cccs1)Cc1cc2cc3c(cc2[nH]c1=O)OCCO3. The normalized spacial score (nSPS) is 12.7. The molecule has 1 aliphatic rings. The molecule has 0 fully saturated rings. The molecule has 4 rings (SSSR count). The van der Waals surface area contributed by atoms with Crippen molar-refractivity contribution in [3.63, 3.8) is 0 Å². The Labute approximate surface area is 189 Å². The molecule has 0 amide bonds. The number of aromatic nitrogens is 1. The van der Waals surface area contributed by atoms with E-state index in [4.69, 9.17) is 26.4 Å². The average Bonchev–Trinajstić information content (AvgIpc) is 3.28. The number of nitrogens with one attached hydrogen (secondary N) is 2. The van der Waals surface area contributed by atoms with Crippen LogP contribution in [0.5, 0.6) is 11.5 Å². The molecule has 0 spiro atoms. The maximum atomic E-state index is 12.8. The first-order chi connectivity index (χ1) is 15.1. The van der Waals surface area contributed by atoms with Gasteiger partial charge in [0.25, 0.3) is 5.56 Å². The molecule has 2 N–H and O–H groups in total. The second-order valence-corrected chi connectivity index (χ2v) is 8.64. The molecule has 2 aromatic heterocycles. The van der Waals surface area contributed by atoms with Gasteiger partial charge in [-0.25, -0.2) is 0 Å². The molecule has 0 saturated carbocycles. The highest BCUT2D eigenvalue weighted by molar-refractivity contribution is 7.80. The number of rotatable bonds is 8. The molecule has 1 aromatic carbocycles. The molecule has 0 bridgehead atoms. The third kappa shape index (κ3) is 5.36. The fourth-order valence-corrected chi connectivity index (χ4v) is 4.38. The van der Waals surface area contributed by atoms with Crippen LogP contribution in [0.25, 0.3) is 10.9 Å². The highest BCUT2D eigenvalue weighted by Crippen LogP contribution is 2.33. The van der Waals surface area contributed by atoms with Gasteiger partial charge in [-0.3, -0.25) is 4.79 Å². The summed E-state index contributed by atoms with van der Waals surface area (Å²) < 4.78 is 16.4. The van der Waals surface area contributed by atoms with Gasteiger partial charge in [-0.15, -0.1) is 11.3 Å². The van der Waals surface area contributed by atoms with Crippen molar-refractivity contribution >= 4 is 39.6 Å². The van der Waals surface area contributed by atoms with Crippen LogP contribution in [0, 0.1) is 0 Å². The minimum atomic E-state index is -0.137. The monoisotopic (exact) mass is 459 g/mol. The number of aromatic amines is 1. The third-order valence-electron chi connectivity index (χ3n) is 4.96. The molecule has 0 unspecified atom stereocenters. The van der Waals surface area contributed by atoms with E-state index in [-0.39, 0.29) is 5.56 Å². The van der Waals surface area contributed by atoms with Gasteiger partial charge in [0, 0.05) is 42.2 Å². The van der Waals surface area contributed by atoms with Gasteiger partial charge in [0.1, 0.15) is 13.2 Å². The second-order valence-electron chi connectivity index (χ2n) is 7.22. The van der Waals surface area contributed by atoms with Crippen LogP contribution < -0.4 is 20.3 Å². The molecule has 31 heavy (non-hydrogen) atoms. The van der Waals surface area contributed by atoms with Crippen LogP contribution in [0.1, 0.15) is 16.9 Å². The molecule has 3 aromatic rings. The van der Waals surface area contributed by atoms with E-state index in [0.717, 1.165) is 17.3 Å². The average molecular weight is 460 g/mol. The summed E-state index contributed by atoms with van der Waals surface area (Å²) in [5, 5.41) is 6.83. The van der Waals surface area contributed by atoms with Crippen molar-refractivity contribution in [1.82, 2.24) is 15.2 Å². The lowest BCUT2D eigenvalue weighted by molar-refractivity contribution is 0.172. The number of thiocarbonyl (C=S) groups is 1. The molecular formula is C22H25N3O4S2. The molecule has 164 valence electrons. The van der Waals surface area contributed by atoms with E-state index in [1.165, 1.54) is 4.88 Å². The Hall–Kier alpha value is -2.62.